The Hall–Kier alpha value is -0.870. The van der Waals surface area contributed by atoms with E-state index in [2.05, 4.69) is 52.4 Å². The second-order valence-electron chi connectivity index (χ2n) is 6.74. The SMILES string of the molecule is CCNC(=NCc1ccc(C)cc1C)NCC(C)(C)NS(C)(=O)=O.I. The first-order chi connectivity index (χ1) is 11.0. The molecule has 1 aromatic carbocycles. The van der Waals surface area contributed by atoms with E-state index < -0.39 is 15.6 Å². The number of nitrogens with zero attached hydrogens (tertiary/aromatic N) is 1. The van der Waals surface area contributed by atoms with Gasteiger partial charge in [0.25, 0.3) is 0 Å². The van der Waals surface area contributed by atoms with Gasteiger partial charge in [-0.25, -0.2) is 18.1 Å². The highest BCUT2D eigenvalue weighted by molar-refractivity contribution is 14.0. The summed E-state index contributed by atoms with van der Waals surface area (Å²) in [5.41, 5.74) is 3.02. The van der Waals surface area contributed by atoms with E-state index in [1.54, 1.807) is 0 Å². The number of benzene rings is 1. The van der Waals surface area contributed by atoms with E-state index in [1.807, 2.05) is 20.8 Å². The largest absolute Gasteiger partial charge is 0.357 e. The zero-order valence-electron chi connectivity index (χ0n) is 15.9. The Kier molecular flexibility index (Phi) is 9.96. The van der Waals surface area contributed by atoms with Gasteiger partial charge in [0, 0.05) is 18.6 Å². The molecular weight excluding hydrogens is 451 g/mol. The summed E-state index contributed by atoms with van der Waals surface area (Å²) in [5.74, 6) is 0.667. The van der Waals surface area contributed by atoms with Gasteiger partial charge in [0.1, 0.15) is 0 Å². The molecule has 0 saturated heterocycles. The van der Waals surface area contributed by atoms with Crippen molar-refractivity contribution in [1.82, 2.24) is 15.4 Å². The molecule has 0 amide bonds. The third-order valence-electron chi connectivity index (χ3n) is 3.41. The van der Waals surface area contributed by atoms with Gasteiger partial charge in [-0.15, -0.1) is 24.0 Å². The van der Waals surface area contributed by atoms with Crippen molar-refractivity contribution in [3.63, 3.8) is 0 Å². The highest BCUT2D eigenvalue weighted by Crippen LogP contribution is 2.11. The first-order valence-electron chi connectivity index (χ1n) is 8.09. The van der Waals surface area contributed by atoms with Crippen LogP contribution in [0.5, 0.6) is 0 Å². The summed E-state index contributed by atoms with van der Waals surface area (Å²) in [7, 11) is -3.26. The third kappa shape index (κ3) is 10.0. The van der Waals surface area contributed by atoms with Crippen LogP contribution in [0.3, 0.4) is 0 Å². The van der Waals surface area contributed by atoms with Crippen molar-refractivity contribution in [3.8, 4) is 0 Å². The van der Waals surface area contributed by atoms with E-state index in [1.165, 1.54) is 16.7 Å². The predicted molar refractivity (Wildman–Crippen MR) is 116 cm³/mol. The molecule has 0 radical (unpaired) electrons. The van der Waals surface area contributed by atoms with E-state index in [-0.39, 0.29) is 24.0 Å². The molecule has 1 rings (SSSR count). The number of hydrogen-bond donors (Lipinski definition) is 3. The number of sulfonamides is 1. The van der Waals surface area contributed by atoms with Gasteiger partial charge in [-0.05, 0) is 45.7 Å². The van der Waals surface area contributed by atoms with Crippen LogP contribution in [0.15, 0.2) is 23.2 Å². The van der Waals surface area contributed by atoms with Crippen molar-refractivity contribution in [3.05, 3.63) is 34.9 Å². The highest BCUT2D eigenvalue weighted by Gasteiger charge is 2.22. The maximum absolute atomic E-state index is 11.4. The van der Waals surface area contributed by atoms with Gasteiger partial charge in [-0.2, -0.15) is 0 Å². The lowest BCUT2D eigenvalue weighted by Gasteiger charge is -2.26. The number of nitrogens with one attached hydrogen (secondary N) is 3. The van der Waals surface area contributed by atoms with Crippen LogP contribution in [0.25, 0.3) is 0 Å². The van der Waals surface area contributed by atoms with Gasteiger partial charge in [0.2, 0.25) is 10.0 Å². The second kappa shape index (κ2) is 10.3. The normalized spacial score (nSPS) is 12.5. The Morgan fingerprint density at radius 1 is 1.20 bits per heavy atom. The molecule has 0 atom stereocenters. The standard InChI is InChI=1S/C17H30N4O2S.HI/c1-7-18-16(20-12-17(4,5)21-24(6,22)23)19-11-15-9-8-13(2)10-14(15)3;/h8-10,21H,7,11-12H2,1-6H3,(H2,18,19,20);1H. The third-order valence-corrected chi connectivity index (χ3v) is 4.33. The van der Waals surface area contributed by atoms with Crippen LogP contribution in [0.2, 0.25) is 0 Å². The van der Waals surface area contributed by atoms with E-state index in [4.69, 9.17) is 0 Å². The molecule has 0 unspecified atom stereocenters. The summed E-state index contributed by atoms with van der Waals surface area (Å²) in [5, 5.41) is 6.38. The average molecular weight is 482 g/mol. The number of guanidine groups is 1. The molecular formula is C17H31IN4O2S. The van der Waals surface area contributed by atoms with E-state index in [0.717, 1.165) is 12.8 Å². The minimum Gasteiger partial charge on any atom is -0.357 e. The minimum absolute atomic E-state index is 0. The molecule has 8 heteroatoms. The smallest absolute Gasteiger partial charge is 0.209 e. The van der Waals surface area contributed by atoms with Crippen LogP contribution in [-0.4, -0.2) is 39.3 Å². The van der Waals surface area contributed by atoms with Crippen molar-refractivity contribution >= 4 is 40.0 Å². The van der Waals surface area contributed by atoms with Gasteiger partial charge < -0.3 is 10.6 Å². The highest BCUT2D eigenvalue weighted by atomic mass is 127. The second-order valence-corrected chi connectivity index (χ2v) is 8.49. The Morgan fingerprint density at radius 2 is 1.84 bits per heavy atom. The fourth-order valence-electron chi connectivity index (χ4n) is 2.37. The molecule has 0 fully saturated rings. The molecule has 3 N–H and O–H groups in total. The minimum atomic E-state index is -3.26. The molecule has 0 spiro atoms. The monoisotopic (exact) mass is 482 g/mol. The van der Waals surface area contributed by atoms with Crippen molar-refractivity contribution in [1.29, 1.82) is 0 Å². The van der Waals surface area contributed by atoms with E-state index >= 15 is 0 Å². The van der Waals surface area contributed by atoms with Gasteiger partial charge in [-0.1, -0.05) is 23.8 Å². The Morgan fingerprint density at radius 3 is 2.36 bits per heavy atom. The number of rotatable bonds is 7. The van der Waals surface area contributed by atoms with Crippen LogP contribution < -0.4 is 15.4 Å². The van der Waals surface area contributed by atoms with Crippen molar-refractivity contribution in [2.75, 3.05) is 19.3 Å². The topological polar surface area (TPSA) is 82.6 Å². The Balaban J connectivity index is 0.00000576. The summed E-state index contributed by atoms with van der Waals surface area (Å²) in [6.45, 7) is 11.5. The molecule has 6 nitrogen and oxygen atoms in total. The van der Waals surface area contributed by atoms with Gasteiger partial charge in [0.05, 0.1) is 12.8 Å². The Labute approximate surface area is 169 Å². The molecule has 0 aliphatic rings. The quantitative estimate of drug-likeness (QED) is 0.317. The molecule has 0 saturated carbocycles. The van der Waals surface area contributed by atoms with Gasteiger partial charge >= 0.3 is 0 Å². The van der Waals surface area contributed by atoms with Crippen molar-refractivity contribution < 1.29 is 8.42 Å². The predicted octanol–water partition coefficient (Wildman–Crippen LogP) is 2.30. The summed E-state index contributed by atoms with van der Waals surface area (Å²) in [6.07, 6.45) is 1.16. The molecule has 0 heterocycles. The molecule has 144 valence electrons. The molecule has 1 aromatic rings. The molecule has 0 aliphatic heterocycles. The fraction of sp³-hybridized carbons (Fsp3) is 0.588. The number of aliphatic imine (C=N–C) groups is 1. The molecule has 0 aliphatic carbocycles. The first-order valence-corrected chi connectivity index (χ1v) is 9.99. The zero-order chi connectivity index (χ0) is 18.4. The average Bonchev–Trinajstić information content (AvgIpc) is 2.41. The summed E-state index contributed by atoms with van der Waals surface area (Å²) in [4.78, 5) is 4.59. The zero-order valence-corrected chi connectivity index (χ0v) is 19.1. The maximum Gasteiger partial charge on any atom is 0.209 e. The summed E-state index contributed by atoms with van der Waals surface area (Å²) < 4.78 is 25.4. The number of hydrogen-bond acceptors (Lipinski definition) is 3. The molecule has 25 heavy (non-hydrogen) atoms. The van der Waals surface area contributed by atoms with Crippen LogP contribution in [0, 0.1) is 13.8 Å². The summed E-state index contributed by atoms with van der Waals surface area (Å²) >= 11 is 0. The van der Waals surface area contributed by atoms with Crippen LogP contribution >= 0.6 is 24.0 Å². The molecule has 0 bridgehead atoms. The summed E-state index contributed by atoms with van der Waals surface area (Å²) in [6, 6.07) is 6.31. The van der Waals surface area contributed by atoms with Crippen molar-refractivity contribution in [2.45, 2.75) is 46.7 Å². The van der Waals surface area contributed by atoms with Crippen LogP contribution in [0.4, 0.5) is 0 Å². The van der Waals surface area contributed by atoms with Gasteiger partial charge in [-0.3, -0.25) is 0 Å². The Bertz CT molecular complexity index is 688. The first kappa shape index (κ1) is 24.1. The lowest BCUT2D eigenvalue weighted by Crippen LogP contribution is -2.53. The fourth-order valence-corrected chi connectivity index (χ4v) is 3.45. The van der Waals surface area contributed by atoms with E-state index in [9.17, 15) is 8.42 Å². The van der Waals surface area contributed by atoms with Crippen LogP contribution in [-0.2, 0) is 16.6 Å². The number of aryl methyl sites for hydroxylation is 2. The van der Waals surface area contributed by atoms with E-state index in [0.29, 0.717) is 19.0 Å². The van der Waals surface area contributed by atoms with Gasteiger partial charge in [0.15, 0.2) is 5.96 Å². The lowest BCUT2D eigenvalue weighted by molar-refractivity contribution is 0.446. The van der Waals surface area contributed by atoms with Crippen LogP contribution in [0.1, 0.15) is 37.5 Å². The molecule has 0 aromatic heterocycles. The van der Waals surface area contributed by atoms with Crippen molar-refractivity contribution in [2.24, 2.45) is 4.99 Å². The lowest BCUT2D eigenvalue weighted by atomic mass is 10.1. The number of halogens is 1. The maximum atomic E-state index is 11.4.